The van der Waals surface area contributed by atoms with Crippen LogP contribution < -0.4 is 14.8 Å². The molecule has 23 heavy (non-hydrogen) atoms. The molecule has 0 saturated heterocycles. The molecule has 124 valence electrons. The Kier molecular flexibility index (Phi) is 5.64. The van der Waals surface area contributed by atoms with Crippen LogP contribution in [0, 0.1) is 0 Å². The quantitative estimate of drug-likeness (QED) is 0.823. The third-order valence-electron chi connectivity index (χ3n) is 4.06. The smallest absolute Gasteiger partial charge is 0.161 e. The van der Waals surface area contributed by atoms with E-state index < -0.39 is 5.60 Å². The van der Waals surface area contributed by atoms with E-state index in [9.17, 15) is 5.11 Å². The van der Waals surface area contributed by atoms with Crippen LogP contribution in [0.2, 0.25) is 0 Å². The van der Waals surface area contributed by atoms with Crippen LogP contribution in [-0.4, -0.2) is 25.9 Å². The molecule has 0 aliphatic rings. The minimum atomic E-state index is -0.925. The average Bonchev–Trinajstić information content (AvgIpc) is 2.59. The standard InChI is InChI=1S/C19H25NO3/c1-14(15-10-11-17(22-3)18(12-15)23-4)20-13-19(2,21)16-8-6-5-7-9-16/h5-12,14,20-21H,13H2,1-4H3. The van der Waals surface area contributed by atoms with Crippen molar-refractivity contribution in [2.75, 3.05) is 20.8 Å². The third-order valence-corrected chi connectivity index (χ3v) is 4.06. The Morgan fingerprint density at radius 1 is 1.04 bits per heavy atom. The summed E-state index contributed by atoms with van der Waals surface area (Å²) < 4.78 is 10.6. The fraction of sp³-hybridized carbons (Fsp3) is 0.368. The SMILES string of the molecule is COc1ccc(C(C)NCC(C)(O)c2ccccc2)cc1OC. The highest BCUT2D eigenvalue weighted by atomic mass is 16.5. The molecule has 0 spiro atoms. The molecule has 4 nitrogen and oxygen atoms in total. The van der Waals surface area contributed by atoms with Crippen LogP contribution in [0.3, 0.4) is 0 Å². The molecule has 4 heteroatoms. The fourth-order valence-corrected chi connectivity index (χ4v) is 2.49. The van der Waals surface area contributed by atoms with Gasteiger partial charge in [0, 0.05) is 12.6 Å². The lowest BCUT2D eigenvalue weighted by atomic mass is 9.95. The summed E-state index contributed by atoms with van der Waals surface area (Å²) in [7, 11) is 3.25. The molecular weight excluding hydrogens is 290 g/mol. The van der Waals surface area contributed by atoms with Crippen molar-refractivity contribution in [3.63, 3.8) is 0 Å². The Labute approximate surface area is 138 Å². The largest absolute Gasteiger partial charge is 0.493 e. The highest BCUT2D eigenvalue weighted by Gasteiger charge is 2.23. The van der Waals surface area contributed by atoms with Gasteiger partial charge in [-0.2, -0.15) is 0 Å². The van der Waals surface area contributed by atoms with Crippen molar-refractivity contribution >= 4 is 0 Å². The van der Waals surface area contributed by atoms with E-state index in [1.54, 1.807) is 14.2 Å². The predicted molar refractivity (Wildman–Crippen MR) is 92.0 cm³/mol. The Morgan fingerprint density at radius 3 is 2.30 bits per heavy atom. The lowest BCUT2D eigenvalue weighted by Crippen LogP contribution is -2.36. The fourth-order valence-electron chi connectivity index (χ4n) is 2.49. The second kappa shape index (κ2) is 7.49. The van der Waals surface area contributed by atoms with Gasteiger partial charge < -0.3 is 19.9 Å². The van der Waals surface area contributed by atoms with Crippen molar-refractivity contribution in [1.82, 2.24) is 5.32 Å². The zero-order valence-corrected chi connectivity index (χ0v) is 14.2. The number of hydrogen-bond acceptors (Lipinski definition) is 4. The van der Waals surface area contributed by atoms with E-state index in [2.05, 4.69) is 12.2 Å². The van der Waals surface area contributed by atoms with Crippen LogP contribution in [0.5, 0.6) is 11.5 Å². The molecule has 2 atom stereocenters. The van der Waals surface area contributed by atoms with E-state index in [1.807, 2.05) is 55.5 Å². The number of hydrogen-bond donors (Lipinski definition) is 2. The minimum absolute atomic E-state index is 0.0741. The topological polar surface area (TPSA) is 50.7 Å². The second-order valence-corrected chi connectivity index (χ2v) is 5.86. The van der Waals surface area contributed by atoms with E-state index in [-0.39, 0.29) is 6.04 Å². The predicted octanol–water partition coefficient (Wildman–Crippen LogP) is 3.26. The molecule has 0 radical (unpaired) electrons. The van der Waals surface area contributed by atoms with Crippen LogP contribution in [0.25, 0.3) is 0 Å². The molecule has 0 bridgehead atoms. The maximum Gasteiger partial charge on any atom is 0.161 e. The van der Waals surface area contributed by atoms with E-state index in [0.717, 1.165) is 11.1 Å². The van der Waals surface area contributed by atoms with Crippen LogP contribution in [0.15, 0.2) is 48.5 Å². The normalized spacial score (nSPS) is 14.8. The average molecular weight is 315 g/mol. The molecule has 0 fully saturated rings. The number of aliphatic hydroxyl groups is 1. The van der Waals surface area contributed by atoms with Crippen molar-refractivity contribution in [2.45, 2.75) is 25.5 Å². The first-order valence-electron chi connectivity index (χ1n) is 7.71. The number of methoxy groups -OCH3 is 2. The monoisotopic (exact) mass is 315 g/mol. The molecule has 2 aromatic carbocycles. The molecular formula is C19H25NO3. The van der Waals surface area contributed by atoms with Crippen molar-refractivity contribution in [2.24, 2.45) is 0 Å². The molecule has 0 aliphatic heterocycles. The summed E-state index contributed by atoms with van der Waals surface area (Å²) in [6.07, 6.45) is 0. The van der Waals surface area contributed by atoms with Crippen LogP contribution in [0.1, 0.15) is 31.0 Å². The number of ether oxygens (including phenoxy) is 2. The summed E-state index contributed by atoms with van der Waals surface area (Å²) in [5, 5.41) is 14.0. The summed E-state index contributed by atoms with van der Waals surface area (Å²) >= 11 is 0. The molecule has 0 amide bonds. The van der Waals surface area contributed by atoms with Gasteiger partial charge in [0.1, 0.15) is 0 Å². The Bertz CT molecular complexity index is 626. The van der Waals surface area contributed by atoms with Crippen molar-refractivity contribution in [3.8, 4) is 11.5 Å². The molecule has 2 unspecified atom stereocenters. The van der Waals surface area contributed by atoms with E-state index in [4.69, 9.17) is 9.47 Å². The minimum Gasteiger partial charge on any atom is -0.493 e. The first-order valence-corrected chi connectivity index (χ1v) is 7.71. The Hall–Kier alpha value is -2.04. The molecule has 0 saturated carbocycles. The first-order chi connectivity index (χ1) is 11.0. The molecule has 2 N–H and O–H groups in total. The van der Waals surface area contributed by atoms with Gasteiger partial charge in [0.25, 0.3) is 0 Å². The van der Waals surface area contributed by atoms with Gasteiger partial charge in [0.05, 0.1) is 19.8 Å². The maximum atomic E-state index is 10.7. The highest BCUT2D eigenvalue weighted by Crippen LogP contribution is 2.30. The van der Waals surface area contributed by atoms with Gasteiger partial charge in [0.15, 0.2) is 11.5 Å². The van der Waals surface area contributed by atoms with Crippen LogP contribution in [-0.2, 0) is 5.60 Å². The van der Waals surface area contributed by atoms with Crippen molar-refractivity contribution in [3.05, 3.63) is 59.7 Å². The van der Waals surface area contributed by atoms with Gasteiger partial charge in [-0.05, 0) is 37.1 Å². The molecule has 0 aromatic heterocycles. The molecule has 0 aliphatic carbocycles. The molecule has 0 heterocycles. The summed E-state index contributed by atoms with van der Waals surface area (Å²) in [6.45, 7) is 4.32. The van der Waals surface area contributed by atoms with E-state index in [0.29, 0.717) is 18.0 Å². The number of nitrogens with one attached hydrogen (secondary N) is 1. The Morgan fingerprint density at radius 2 is 1.70 bits per heavy atom. The van der Waals surface area contributed by atoms with Gasteiger partial charge in [-0.3, -0.25) is 0 Å². The second-order valence-electron chi connectivity index (χ2n) is 5.86. The summed E-state index contributed by atoms with van der Waals surface area (Å²) in [4.78, 5) is 0. The maximum absolute atomic E-state index is 10.7. The zero-order chi connectivity index (χ0) is 16.9. The van der Waals surface area contributed by atoms with E-state index in [1.165, 1.54) is 0 Å². The molecule has 2 aromatic rings. The Balaban J connectivity index is 2.06. The van der Waals surface area contributed by atoms with Gasteiger partial charge in [0.2, 0.25) is 0 Å². The van der Waals surface area contributed by atoms with Crippen molar-refractivity contribution in [1.29, 1.82) is 0 Å². The van der Waals surface area contributed by atoms with Crippen LogP contribution >= 0.6 is 0 Å². The summed E-state index contributed by atoms with van der Waals surface area (Å²) in [5.41, 5.74) is 1.05. The summed E-state index contributed by atoms with van der Waals surface area (Å²) in [6, 6.07) is 15.6. The van der Waals surface area contributed by atoms with Gasteiger partial charge in [-0.1, -0.05) is 36.4 Å². The van der Waals surface area contributed by atoms with Gasteiger partial charge >= 0.3 is 0 Å². The zero-order valence-electron chi connectivity index (χ0n) is 14.2. The number of benzene rings is 2. The van der Waals surface area contributed by atoms with Crippen molar-refractivity contribution < 1.29 is 14.6 Å². The first kappa shape index (κ1) is 17.3. The lowest BCUT2D eigenvalue weighted by Gasteiger charge is -2.27. The number of rotatable bonds is 7. The van der Waals surface area contributed by atoms with Gasteiger partial charge in [-0.25, -0.2) is 0 Å². The third kappa shape index (κ3) is 4.24. The van der Waals surface area contributed by atoms with E-state index >= 15 is 0 Å². The summed E-state index contributed by atoms with van der Waals surface area (Å²) in [5.74, 6) is 1.41. The van der Waals surface area contributed by atoms with Crippen LogP contribution in [0.4, 0.5) is 0 Å². The molecule has 2 rings (SSSR count). The van der Waals surface area contributed by atoms with Gasteiger partial charge in [-0.15, -0.1) is 0 Å². The highest BCUT2D eigenvalue weighted by molar-refractivity contribution is 5.43. The lowest BCUT2D eigenvalue weighted by molar-refractivity contribution is 0.0543.